The van der Waals surface area contributed by atoms with E-state index in [1.54, 1.807) is 12.1 Å². The molecule has 1 unspecified atom stereocenters. The van der Waals surface area contributed by atoms with Crippen molar-refractivity contribution in [2.45, 2.75) is 24.3 Å². The van der Waals surface area contributed by atoms with E-state index in [0.717, 1.165) is 23.4 Å². The van der Waals surface area contributed by atoms with E-state index in [1.165, 1.54) is 12.1 Å². The lowest BCUT2D eigenvalue weighted by Crippen LogP contribution is -2.22. The summed E-state index contributed by atoms with van der Waals surface area (Å²) in [5.41, 5.74) is 2.84. The highest BCUT2D eigenvalue weighted by Crippen LogP contribution is 2.27. The number of hydrogen-bond donors (Lipinski definition) is 0. The Morgan fingerprint density at radius 1 is 1.09 bits per heavy atom. The summed E-state index contributed by atoms with van der Waals surface area (Å²) < 4.78 is 32.9. The van der Waals surface area contributed by atoms with Gasteiger partial charge in [0.15, 0.2) is 0 Å². The van der Waals surface area contributed by atoms with E-state index < -0.39 is 10.1 Å². The van der Waals surface area contributed by atoms with Crippen LogP contribution in [-0.2, 0) is 10.1 Å². The molecule has 1 atom stereocenters. The predicted octanol–water partition coefficient (Wildman–Crippen LogP) is 2.59. The maximum absolute atomic E-state index is 11.0. The molecule has 6 heteroatoms. The summed E-state index contributed by atoms with van der Waals surface area (Å²) in [7, 11) is -4.41. The van der Waals surface area contributed by atoms with E-state index >= 15 is 0 Å². The zero-order valence-corrected chi connectivity index (χ0v) is 12.8. The minimum absolute atomic E-state index is 0.171. The molecule has 2 aromatic carbocycles. The van der Waals surface area contributed by atoms with Crippen molar-refractivity contribution in [3.05, 3.63) is 60.2 Å². The first-order valence-electron chi connectivity index (χ1n) is 6.93. The summed E-state index contributed by atoms with van der Waals surface area (Å²) in [6.07, 6.45) is 0.811. The fraction of sp³-hybridized carbons (Fsp3) is 0.188. The lowest BCUT2D eigenvalue weighted by Gasteiger charge is -2.20. The summed E-state index contributed by atoms with van der Waals surface area (Å²) in [5, 5.41) is 6.47. The summed E-state index contributed by atoms with van der Waals surface area (Å²) in [4.78, 5) is -0.227. The normalized spacial score (nSPS) is 18.4. The molecule has 0 saturated carbocycles. The molecular weight excluding hydrogens is 300 g/mol. The lowest BCUT2D eigenvalue weighted by molar-refractivity contribution is 0.463. The maximum atomic E-state index is 11.0. The Morgan fingerprint density at radius 3 is 2.32 bits per heavy atom. The molecule has 0 aromatic heterocycles. The van der Waals surface area contributed by atoms with Gasteiger partial charge in [0.2, 0.25) is 0 Å². The van der Waals surface area contributed by atoms with Crippen LogP contribution in [0.4, 0.5) is 5.69 Å². The van der Waals surface area contributed by atoms with E-state index in [1.807, 2.05) is 35.3 Å². The quantitative estimate of drug-likeness (QED) is 0.816. The molecule has 3 rings (SSSR count). The second-order valence-electron chi connectivity index (χ2n) is 5.26. The minimum Gasteiger partial charge on any atom is -0.744 e. The molecule has 0 N–H and O–H groups in total. The first-order valence-corrected chi connectivity index (χ1v) is 8.34. The zero-order valence-electron chi connectivity index (χ0n) is 12.0. The average Bonchev–Trinajstić information content (AvgIpc) is 2.89. The fourth-order valence-electron chi connectivity index (χ4n) is 2.52. The van der Waals surface area contributed by atoms with Crippen LogP contribution in [0.1, 0.15) is 18.9 Å². The van der Waals surface area contributed by atoms with Crippen molar-refractivity contribution in [3.8, 4) is 0 Å². The van der Waals surface area contributed by atoms with E-state index in [2.05, 4.69) is 12.0 Å². The molecule has 1 aliphatic rings. The van der Waals surface area contributed by atoms with Crippen molar-refractivity contribution in [2.24, 2.45) is 5.10 Å². The highest BCUT2D eigenvalue weighted by Gasteiger charge is 2.24. The summed E-state index contributed by atoms with van der Waals surface area (Å²) >= 11 is 0. The molecule has 0 spiro atoms. The number of hydrogen-bond acceptors (Lipinski definition) is 5. The topological polar surface area (TPSA) is 72.8 Å². The maximum Gasteiger partial charge on any atom is 0.124 e. The highest BCUT2D eigenvalue weighted by atomic mass is 32.2. The summed E-state index contributed by atoms with van der Waals surface area (Å²) in [6.45, 7) is 2.05. The minimum atomic E-state index is -4.41. The molecule has 0 saturated heterocycles. The average molecular weight is 315 g/mol. The van der Waals surface area contributed by atoms with E-state index in [0.29, 0.717) is 0 Å². The van der Waals surface area contributed by atoms with Crippen molar-refractivity contribution < 1.29 is 13.0 Å². The number of hydrazone groups is 1. The van der Waals surface area contributed by atoms with Crippen LogP contribution in [-0.4, -0.2) is 24.7 Å². The van der Waals surface area contributed by atoms with Crippen molar-refractivity contribution in [1.29, 1.82) is 0 Å². The van der Waals surface area contributed by atoms with Crippen molar-refractivity contribution in [3.63, 3.8) is 0 Å². The molecule has 114 valence electrons. The molecule has 0 amide bonds. The Labute approximate surface area is 129 Å². The molecule has 1 aliphatic heterocycles. The molecule has 0 bridgehead atoms. The van der Waals surface area contributed by atoms with Crippen LogP contribution in [0.25, 0.3) is 0 Å². The number of anilines is 1. The van der Waals surface area contributed by atoms with Gasteiger partial charge >= 0.3 is 0 Å². The van der Waals surface area contributed by atoms with Gasteiger partial charge in [0, 0.05) is 6.42 Å². The van der Waals surface area contributed by atoms with E-state index in [9.17, 15) is 13.0 Å². The SMILES string of the molecule is CC1CC(c2ccccc2)=NN1c1ccc(S(=O)(=O)[O-])cc1. The predicted molar refractivity (Wildman–Crippen MR) is 83.9 cm³/mol. The van der Waals surface area contributed by atoms with Crippen LogP contribution in [0.3, 0.4) is 0 Å². The fourth-order valence-corrected chi connectivity index (χ4v) is 2.99. The largest absolute Gasteiger partial charge is 0.744 e. The third-order valence-electron chi connectivity index (χ3n) is 3.63. The molecule has 0 fully saturated rings. The van der Waals surface area contributed by atoms with Gasteiger partial charge in [-0.05, 0) is 36.8 Å². The smallest absolute Gasteiger partial charge is 0.124 e. The van der Waals surface area contributed by atoms with Gasteiger partial charge in [0.1, 0.15) is 10.1 Å². The first-order chi connectivity index (χ1) is 10.4. The second kappa shape index (κ2) is 5.55. The van der Waals surface area contributed by atoms with E-state index in [4.69, 9.17) is 0 Å². The molecular formula is C16H15N2O3S-. The molecule has 5 nitrogen and oxygen atoms in total. The van der Waals surface area contributed by atoms with Crippen molar-refractivity contribution >= 4 is 21.5 Å². The van der Waals surface area contributed by atoms with Gasteiger partial charge in [-0.1, -0.05) is 30.3 Å². The molecule has 0 aliphatic carbocycles. The molecule has 1 heterocycles. The van der Waals surface area contributed by atoms with Gasteiger partial charge in [-0.25, -0.2) is 8.42 Å². The molecule has 22 heavy (non-hydrogen) atoms. The van der Waals surface area contributed by atoms with Gasteiger partial charge in [0.25, 0.3) is 0 Å². The zero-order chi connectivity index (χ0) is 15.7. The highest BCUT2D eigenvalue weighted by molar-refractivity contribution is 7.85. The van der Waals surface area contributed by atoms with Crippen LogP contribution >= 0.6 is 0 Å². The number of benzene rings is 2. The summed E-state index contributed by atoms with van der Waals surface area (Å²) in [6, 6.07) is 16.0. The van der Waals surface area contributed by atoms with Crippen LogP contribution in [0.15, 0.2) is 64.6 Å². The van der Waals surface area contributed by atoms with Crippen LogP contribution in [0.2, 0.25) is 0 Å². The third-order valence-corrected chi connectivity index (χ3v) is 4.48. The van der Waals surface area contributed by atoms with Gasteiger partial charge in [0.05, 0.1) is 22.3 Å². The van der Waals surface area contributed by atoms with Gasteiger partial charge < -0.3 is 4.55 Å². The Balaban J connectivity index is 1.90. The molecule has 0 radical (unpaired) electrons. The second-order valence-corrected chi connectivity index (χ2v) is 6.64. The van der Waals surface area contributed by atoms with Gasteiger partial charge in [-0.15, -0.1) is 0 Å². The van der Waals surface area contributed by atoms with Gasteiger partial charge in [-0.2, -0.15) is 5.10 Å². The van der Waals surface area contributed by atoms with E-state index in [-0.39, 0.29) is 10.9 Å². The Kier molecular flexibility index (Phi) is 3.72. The summed E-state index contributed by atoms with van der Waals surface area (Å²) in [5.74, 6) is 0. The third kappa shape index (κ3) is 2.88. The van der Waals surface area contributed by atoms with Crippen molar-refractivity contribution in [1.82, 2.24) is 0 Å². The Morgan fingerprint density at radius 2 is 1.73 bits per heavy atom. The lowest BCUT2D eigenvalue weighted by atomic mass is 10.1. The molecule has 2 aromatic rings. The van der Waals surface area contributed by atoms with Crippen molar-refractivity contribution in [2.75, 3.05) is 5.01 Å². The Bertz CT molecular complexity index is 799. The van der Waals surface area contributed by atoms with Crippen LogP contribution < -0.4 is 5.01 Å². The standard InChI is InChI=1S/C16H16N2O3S/c1-12-11-16(13-5-3-2-4-6-13)17-18(12)14-7-9-15(10-8-14)22(19,20)21/h2-10,12H,11H2,1H3,(H,19,20,21)/p-1. The van der Waals surface area contributed by atoms with Crippen LogP contribution in [0.5, 0.6) is 0 Å². The van der Waals surface area contributed by atoms with Gasteiger partial charge in [-0.3, -0.25) is 5.01 Å². The first kappa shape index (κ1) is 14.7. The number of nitrogens with zero attached hydrogens (tertiary/aromatic N) is 2. The Hall–Kier alpha value is -2.18. The number of rotatable bonds is 3. The monoisotopic (exact) mass is 315 g/mol. The van der Waals surface area contributed by atoms with Crippen LogP contribution in [0, 0.1) is 0 Å².